The van der Waals surface area contributed by atoms with Crippen LogP contribution in [0.1, 0.15) is 25.5 Å². The molecule has 0 saturated heterocycles. The van der Waals surface area contributed by atoms with Gasteiger partial charge in [-0.1, -0.05) is 33.0 Å². The molecule has 0 aliphatic heterocycles. The molecule has 1 aromatic rings. The van der Waals surface area contributed by atoms with Gasteiger partial charge in [0.1, 0.15) is 6.73 Å². The zero-order chi connectivity index (χ0) is 12.7. The Bertz CT molecular complexity index is 317. The van der Waals surface area contributed by atoms with Crippen LogP contribution in [0, 0.1) is 0 Å². The highest BCUT2D eigenvalue weighted by atomic mass is 28.3. The monoisotopic (exact) mass is 254 g/mol. The Morgan fingerprint density at radius 3 is 2.76 bits per heavy atom. The summed E-state index contributed by atoms with van der Waals surface area (Å²) in [7, 11) is -0.958. The molecule has 0 aliphatic rings. The lowest BCUT2D eigenvalue weighted by molar-refractivity contribution is 0.0871. The smallest absolute Gasteiger partial charge is 0.123 e. The lowest BCUT2D eigenvalue weighted by Gasteiger charge is -2.15. The maximum absolute atomic E-state index is 5.67. The number of hydrogen-bond acceptors (Lipinski definition) is 2. The number of aromatic nitrogens is 2. The van der Waals surface area contributed by atoms with Gasteiger partial charge in [0.25, 0.3) is 0 Å². The Balaban J connectivity index is 2.21. The molecule has 1 rings (SSSR count). The summed E-state index contributed by atoms with van der Waals surface area (Å²) in [6, 6.07) is 1.23. The zero-order valence-corrected chi connectivity index (χ0v) is 12.7. The van der Waals surface area contributed by atoms with E-state index in [4.69, 9.17) is 4.74 Å². The van der Waals surface area contributed by atoms with Crippen LogP contribution in [0.25, 0.3) is 0 Å². The second-order valence-electron chi connectivity index (χ2n) is 5.83. The number of ether oxygens (including phenoxy) is 1. The van der Waals surface area contributed by atoms with Crippen LogP contribution in [0.4, 0.5) is 0 Å². The minimum absolute atomic E-state index is 0.642. The highest BCUT2D eigenvalue weighted by molar-refractivity contribution is 6.76. The standard InChI is InChI=1S/C13H26N2OSi/c1-5-6-7-13-10-15(11-14-13)12-16-8-9-17(2,3)4/h10-11H,5-9,12H2,1-4H3. The molecule has 4 heteroatoms. The van der Waals surface area contributed by atoms with Crippen molar-refractivity contribution < 1.29 is 4.74 Å². The summed E-state index contributed by atoms with van der Waals surface area (Å²) < 4.78 is 7.71. The van der Waals surface area contributed by atoms with Gasteiger partial charge in [0, 0.05) is 20.9 Å². The molecule has 3 nitrogen and oxygen atoms in total. The van der Waals surface area contributed by atoms with Gasteiger partial charge in [0.2, 0.25) is 0 Å². The number of unbranched alkanes of at least 4 members (excludes halogenated alkanes) is 1. The normalized spacial score (nSPS) is 12.0. The fourth-order valence-electron chi connectivity index (χ4n) is 1.51. The second-order valence-corrected chi connectivity index (χ2v) is 11.5. The van der Waals surface area contributed by atoms with E-state index in [1.165, 1.54) is 24.6 Å². The summed E-state index contributed by atoms with van der Waals surface area (Å²) in [5.74, 6) is 0. The van der Waals surface area contributed by atoms with Gasteiger partial charge < -0.3 is 9.30 Å². The maximum Gasteiger partial charge on any atom is 0.123 e. The van der Waals surface area contributed by atoms with Crippen LogP contribution < -0.4 is 0 Å². The summed E-state index contributed by atoms with van der Waals surface area (Å²) in [6.45, 7) is 10.8. The van der Waals surface area contributed by atoms with E-state index in [0.29, 0.717) is 6.73 Å². The van der Waals surface area contributed by atoms with E-state index in [1.54, 1.807) is 0 Å². The molecular weight excluding hydrogens is 228 g/mol. The van der Waals surface area contributed by atoms with Crippen molar-refractivity contribution in [1.29, 1.82) is 0 Å². The third kappa shape index (κ3) is 6.63. The predicted molar refractivity (Wildman–Crippen MR) is 74.9 cm³/mol. The van der Waals surface area contributed by atoms with E-state index in [0.717, 1.165) is 13.0 Å². The van der Waals surface area contributed by atoms with E-state index >= 15 is 0 Å². The van der Waals surface area contributed by atoms with E-state index in [9.17, 15) is 0 Å². The van der Waals surface area contributed by atoms with Gasteiger partial charge in [-0.3, -0.25) is 0 Å². The fraction of sp³-hybridized carbons (Fsp3) is 0.769. The van der Waals surface area contributed by atoms with Crippen LogP contribution in [0.5, 0.6) is 0 Å². The molecule has 0 saturated carbocycles. The predicted octanol–water partition coefficient (Wildman–Crippen LogP) is 3.54. The first kappa shape index (κ1) is 14.4. The lowest BCUT2D eigenvalue weighted by Crippen LogP contribution is -2.21. The molecule has 17 heavy (non-hydrogen) atoms. The van der Waals surface area contributed by atoms with Crippen molar-refractivity contribution in [3.8, 4) is 0 Å². The summed E-state index contributed by atoms with van der Waals surface area (Å²) in [6.07, 6.45) is 7.50. The Morgan fingerprint density at radius 1 is 1.35 bits per heavy atom. The zero-order valence-electron chi connectivity index (χ0n) is 11.7. The van der Waals surface area contributed by atoms with Crippen molar-refractivity contribution in [1.82, 2.24) is 9.55 Å². The quantitative estimate of drug-likeness (QED) is 0.524. The second kappa shape index (κ2) is 6.96. The van der Waals surface area contributed by atoms with Gasteiger partial charge in [0.05, 0.1) is 12.0 Å². The Morgan fingerprint density at radius 2 is 2.12 bits per heavy atom. The Kier molecular flexibility index (Phi) is 5.92. The molecule has 0 aromatic carbocycles. The Labute approximate surface area is 106 Å². The van der Waals surface area contributed by atoms with Gasteiger partial charge in [-0.05, 0) is 18.9 Å². The van der Waals surface area contributed by atoms with Crippen LogP contribution in [-0.2, 0) is 17.9 Å². The number of nitrogens with zero attached hydrogens (tertiary/aromatic N) is 2. The van der Waals surface area contributed by atoms with Crippen molar-refractivity contribution in [3.63, 3.8) is 0 Å². The number of rotatable bonds is 8. The fourth-order valence-corrected chi connectivity index (χ4v) is 2.27. The number of hydrogen-bond donors (Lipinski definition) is 0. The van der Waals surface area contributed by atoms with Crippen molar-refractivity contribution in [2.24, 2.45) is 0 Å². The van der Waals surface area contributed by atoms with E-state index < -0.39 is 8.07 Å². The summed E-state index contributed by atoms with van der Waals surface area (Å²) >= 11 is 0. The summed E-state index contributed by atoms with van der Waals surface area (Å²) in [5.41, 5.74) is 1.18. The molecule has 1 aromatic heterocycles. The number of aryl methyl sites for hydroxylation is 1. The van der Waals surface area contributed by atoms with Gasteiger partial charge in [-0.15, -0.1) is 0 Å². The highest BCUT2D eigenvalue weighted by Gasteiger charge is 2.11. The van der Waals surface area contributed by atoms with Crippen molar-refractivity contribution in [2.75, 3.05) is 6.61 Å². The molecule has 0 radical (unpaired) electrons. The molecule has 0 spiro atoms. The minimum Gasteiger partial charge on any atom is -0.361 e. The average Bonchev–Trinajstić information content (AvgIpc) is 2.68. The molecule has 0 N–H and O–H groups in total. The van der Waals surface area contributed by atoms with Gasteiger partial charge in [0.15, 0.2) is 0 Å². The van der Waals surface area contributed by atoms with Crippen molar-refractivity contribution in [3.05, 3.63) is 18.2 Å². The van der Waals surface area contributed by atoms with Crippen molar-refractivity contribution in [2.45, 2.75) is 58.6 Å². The molecule has 0 unspecified atom stereocenters. The van der Waals surface area contributed by atoms with Crippen LogP contribution in [0.3, 0.4) is 0 Å². The molecule has 0 aliphatic carbocycles. The van der Waals surface area contributed by atoms with E-state index in [-0.39, 0.29) is 0 Å². The summed E-state index contributed by atoms with van der Waals surface area (Å²) in [5, 5.41) is 0. The third-order valence-corrected chi connectivity index (χ3v) is 4.41. The van der Waals surface area contributed by atoms with Crippen LogP contribution in [0.15, 0.2) is 12.5 Å². The van der Waals surface area contributed by atoms with E-state index in [2.05, 4.69) is 37.7 Å². The van der Waals surface area contributed by atoms with Crippen molar-refractivity contribution >= 4 is 8.07 Å². The van der Waals surface area contributed by atoms with Crippen LogP contribution in [-0.4, -0.2) is 24.2 Å². The minimum atomic E-state index is -0.958. The van der Waals surface area contributed by atoms with Gasteiger partial charge >= 0.3 is 0 Å². The molecule has 0 atom stereocenters. The molecular formula is C13H26N2OSi. The first-order valence-corrected chi connectivity index (χ1v) is 10.3. The molecule has 98 valence electrons. The third-order valence-electron chi connectivity index (χ3n) is 2.71. The summed E-state index contributed by atoms with van der Waals surface area (Å²) in [4.78, 5) is 4.37. The van der Waals surface area contributed by atoms with Gasteiger partial charge in [-0.25, -0.2) is 4.98 Å². The number of imidazole rings is 1. The molecule has 0 fully saturated rings. The Hall–Kier alpha value is -0.613. The molecule has 1 heterocycles. The molecule has 0 amide bonds. The maximum atomic E-state index is 5.67. The van der Waals surface area contributed by atoms with Crippen LogP contribution in [0.2, 0.25) is 25.7 Å². The molecule has 0 bridgehead atoms. The lowest BCUT2D eigenvalue weighted by atomic mass is 10.2. The van der Waals surface area contributed by atoms with E-state index in [1.807, 2.05) is 10.9 Å². The average molecular weight is 254 g/mol. The topological polar surface area (TPSA) is 27.1 Å². The first-order valence-electron chi connectivity index (χ1n) is 6.59. The SMILES string of the molecule is CCCCc1cn(COCC[Si](C)(C)C)cn1. The highest BCUT2D eigenvalue weighted by Crippen LogP contribution is 2.08. The largest absolute Gasteiger partial charge is 0.361 e. The first-order chi connectivity index (χ1) is 8.01. The van der Waals surface area contributed by atoms with Crippen LogP contribution >= 0.6 is 0 Å². The van der Waals surface area contributed by atoms with Gasteiger partial charge in [-0.2, -0.15) is 0 Å².